The molecule has 4 nitrogen and oxygen atoms in total. The summed E-state index contributed by atoms with van der Waals surface area (Å²) in [7, 11) is 1.28. The maximum Gasteiger partial charge on any atom is 0.373 e. The number of rotatable bonds is 4. The van der Waals surface area contributed by atoms with Gasteiger partial charge in [-0.25, -0.2) is 4.79 Å². The molecule has 5 heteroatoms. The fourth-order valence-corrected chi connectivity index (χ4v) is 2.18. The molecule has 0 aliphatic rings. The van der Waals surface area contributed by atoms with E-state index in [0.29, 0.717) is 12.2 Å². The zero-order valence-electron chi connectivity index (χ0n) is 10.3. The highest BCUT2D eigenvalue weighted by Gasteiger charge is 2.17. The van der Waals surface area contributed by atoms with Crippen molar-refractivity contribution in [3.05, 3.63) is 58.0 Å². The van der Waals surface area contributed by atoms with Crippen LogP contribution in [-0.4, -0.2) is 18.2 Å². The van der Waals surface area contributed by atoms with E-state index < -0.39 is 12.1 Å². The van der Waals surface area contributed by atoms with E-state index in [0.717, 1.165) is 10.0 Å². The van der Waals surface area contributed by atoms with Gasteiger partial charge in [0, 0.05) is 10.9 Å². The highest BCUT2D eigenvalue weighted by molar-refractivity contribution is 9.10. The van der Waals surface area contributed by atoms with Crippen LogP contribution in [0.25, 0.3) is 0 Å². The van der Waals surface area contributed by atoms with Crippen molar-refractivity contribution >= 4 is 21.9 Å². The summed E-state index contributed by atoms with van der Waals surface area (Å²) in [6.07, 6.45) is -0.388. The van der Waals surface area contributed by atoms with E-state index in [1.807, 2.05) is 24.3 Å². The summed E-state index contributed by atoms with van der Waals surface area (Å²) in [5.41, 5.74) is 0.970. The summed E-state index contributed by atoms with van der Waals surface area (Å²) in [4.78, 5) is 11.2. The number of aliphatic hydroxyl groups excluding tert-OH is 1. The number of hydrogen-bond acceptors (Lipinski definition) is 4. The van der Waals surface area contributed by atoms with Crippen LogP contribution in [0.1, 0.15) is 28.0 Å². The molecule has 0 aliphatic heterocycles. The van der Waals surface area contributed by atoms with Crippen LogP contribution in [0, 0.1) is 0 Å². The molecule has 19 heavy (non-hydrogen) atoms. The molecule has 0 amide bonds. The largest absolute Gasteiger partial charge is 0.463 e. The lowest BCUT2D eigenvalue weighted by Crippen LogP contribution is -2.01. The summed E-state index contributed by atoms with van der Waals surface area (Å²) >= 11 is 3.37. The smallest absolute Gasteiger partial charge is 0.373 e. The molecule has 0 spiro atoms. The second-order valence-corrected chi connectivity index (χ2v) is 4.96. The van der Waals surface area contributed by atoms with Crippen molar-refractivity contribution in [2.24, 2.45) is 0 Å². The predicted molar refractivity (Wildman–Crippen MR) is 72.9 cm³/mol. The molecule has 0 saturated carbocycles. The van der Waals surface area contributed by atoms with Crippen molar-refractivity contribution in [2.45, 2.75) is 12.5 Å². The van der Waals surface area contributed by atoms with E-state index in [1.165, 1.54) is 13.2 Å². The molecular formula is C14H13BrO4. The topological polar surface area (TPSA) is 59.7 Å². The molecule has 100 valence electrons. The van der Waals surface area contributed by atoms with Gasteiger partial charge in [-0.05, 0) is 29.8 Å². The molecule has 1 heterocycles. The number of aliphatic hydroxyl groups is 1. The van der Waals surface area contributed by atoms with Crippen LogP contribution in [0.5, 0.6) is 0 Å². The fourth-order valence-electron chi connectivity index (χ4n) is 1.73. The number of furan rings is 1. The maximum absolute atomic E-state index is 11.2. The molecule has 1 unspecified atom stereocenters. The minimum atomic E-state index is -0.798. The Labute approximate surface area is 119 Å². The van der Waals surface area contributed by atoms with Crippen molar-refractivity contribution in [3.8, 4) is 0 Å². The van der Waals surface area contributed by atoms with E-state index in [1.54, 1.807) is 6.07 Å². The van der Waals surface area contributed by atoms with Gasteiger partial charge in [0.2, 0.25) is 5.76 Å². The fraction of sp³-hybridized carbons (Fsp3) is 0.214. The van der Waals surface area contributed by atoms with Gasteiger partial charge >= 0.3 is 5.97 Å². The standard InChI is InChI=1S/C14H13BrO4/c1-18-14(17)13-6-5-12(19-13)11(16)8-9-3-2-4-10(15)7-9/h2-7,11,16H,8H2,1H3. The third-order valence-electron chi connectivity index (χ3n) is 2.66. The third kappa shape index (κ3) is 3.45. The second-order valence-electron chi connectivity index (χ2n) is 4.04. The first-order valence-electron chi connectivity index (χ1n) is 5.70. The van der Waals surface area contributed by atoms with Gasteiger partial charge in [0.15, 0.2) is 0 Å². The lowest BCUT2D eigenvalue weighted by molar-refractivity contribution is 0.0555. The Hall–Kier alpha value is -1.59. The first-order chi connectivity index (χ1) is 9.10. The van der Waals surface area contributed by atoms with E-state index in [-0.39, 0.29) is 5.76 Å². The number of carbonyl (C=O) groups is 1. The zero-order valence-corrected chi connectivity index (χ0v) is 11.9. The van der Waals surface area contributed by atoms with Crippen LogP contribution < -0.4 is 0 Å². The summed E-state index contributed by atoms with van der Waals surface area (Å²) in [5.74, 6) is -0.118. The van der Waals surface area contributed by atoms with Gasteiger partial charge in [-0.3, -0.25) is 0 Å². The Kier molecular flexibility index (Phi) is 4.39. The molecule has 0 saturated heterocycles. The number of ether oxygens (including phenoxy) is 1. The number of esters is 1. The summed E-state index contributed by atoms with van der Waals surface area (Å²) in [6.45, 7) is 0. The summed E-state index contributed by atoms with van der Waals surface area (Å²) in [6, 6.07) is 10.7. The zero-order chi connectivity index (χ0) is 13.8. The highest BCUT2D eigenvalue weighted by Crippen LogP contribution is 2.22. The number of methoxy groups -OCH3 is 1. The van der Waals surface area contributed by atoms with Crippen LogP contribution >= 0.6 is 15.9 Å². The molecule has 1 N–H and O–H groups in total. The van der Waals surface area contributed by atoms with Crippen molar-refractivity contribution in [1.29, 1.82) is 0 Å². The predicted octanol–water partition coefficient (Wildman–Crippen LogP) is 3.10. The monoisotopic (exact) mass is 324 g/mol. The molecule has 0 bridgehead atoms. The number of carbonyl (C=O) groups excluding carboxylic acids is 1. The van der Waals surface area contributed by atoms with Crippen LogP contribution in [0.15, 0.2) is 45.3 Å². The van der Waals surface area contributed by atoms with Crippen LogP contribution in [0.3, 0.4) is 0 Å². The molecular weight excluding hydrogens is 312 g/mol. The van der Waals surface area contributed by atoms with Crippen LogP contribution in [0.2, 0.25) is 0 Å². The SMILES string of the molecule is COC(=O)c1ccc(C(O)Cc2cccc(Br)c2)o1. The van der Waals surface area contributed by atoms with Crippen LogP contribution in [-0.2, 0) is 11.2 Å². The molecule has 1 atom stereocenters. The van der Waals surface area contributed by atoms with E-state index in [2.05, 4.69) is 20.7 Å². The van der Waals surface area contributed by atoms with Gasteiger partial charge < -0.3 is 14.3 Å². The number of halogens is 1. The molecule has 1 aromatic heterocycles. The Balaban J connectivity index is 2.09. The van der Waals surface area contributed by atoms with Gasteiger partial charge in [-0.1, -0.05) is 28.1 Å². The number of benzene rings is 1. The van der Waals surface area contributed by atoms with E-state index >= 15 is 0 Å². The first-order valence-corrected chi connectivity index (χ1v) is 6.50. The Morgan fingerprint density at radius 1 is 1.42 bits per heavy atom. The third-order valence-corrected chi connectivity index (χ3v) is 3.15. The second kappa shape index (κ2) is 6.04. The van der Waals surface area contributed by atoms with Crippen molar-refractivity contribution in [2.75, 3.05) is 7.11 Å². The molecule has 2 aromatic rings. The van der Waals surface area contributed by atoms with Gasteiger partial charge in [0.05, 0.1) is 7.11 Å². The van der Waals surface area contributed by atoms with Crippen molar-refractivity contribution < 1.29 is 19.1 Å². The quantitative estimate of drug-likeness (QED) is 0.878. The maximum atomic E-state index is 11.2. The minimum Gasteiger partial charge on any atom is -0.463 e. The van der Waals surface area contributed by atoms with Crippen LogP contribution in [0.4, 0.5) is 0 Å². The molecule has 2 rings (SSSR count). The lowest BCUT2D eigenvalue weighted by atomic mass is 10.1. The summed E-state index contributed by atoms with van der Waals surface area (Å²) < 4.78 is 10.8. The molecule has 0 fully saturated rings. The normalized spacial score (nSPS) is 12.2. The lowest BCUT2D eigenvalue weighted by Gasteiger charge is -2.08. The highest BCUT2D eigenvalue weighted by atomic mass is 79.9. The Bertz CT molecular complexity index is 576. The van der Waals surface area contributed by atoms with E-state index in [9.17, 15) is 9.90 Å². The van der Waals surface area contributed by atoms with Gasteiger partial charge in [0.1, 0.15) is 11.9 Å². The Morgan fingerprint density at radius 2 is 2.21 bits per heavy atom. The van der Waals surface area contributed by atoms with Gasteiger partial charge in [-0.15, -0.1) is 0 Å². The minimum absolute atomic E-state index is 0.0887. The van der Waals surface area contributed by atoms with E-state index in [4.69, 9.17) is 4.42 Å². The average molecular weight is 325 g/mol. The average Bonchev–Trinajstić information content (AvgIpc) is 2.87. The molecule has 0 radical (unpaired) electrons. The van der Waals surface area contributed by atoms with Crippen molar-refractivity contribution in [1.82, 2.24) is 0 Å². The van der Waals surface area contributed by atoms with Crippen molar-refractivity contribution in [3.63, 3.8) is 0 Å². The molecule has 1 aromatic carbocycles. The number of hydrogen-bond donors (Lipinski definition) is 1. The van der Waals surface area contributed by atoms with Gasteiger partial charge in [0.25, 0.3) is 0 Å². The molecule has 0 aliphatic carbocycles. The van der Waals surface area contributed by atoms with Gasteiger partial charge in [-0.2, -0.15) is 0 Å². The first kappa shape index (κ1) is 13.8. The summed E-state index contributed by atoms with van der Waals surface area (Å²) in [5, 5.41) is 10.1. The Morgan fingerprint density at radius 3 is 2.89 bits per heavy atom.